The second-order valence-electron chi connectivity index (χ2n) is 5.89. The Labute approximate surface area is 111 Å². The van der Waals surface area contributed by atoms with Crippen LogP contribution in [-0.4, -0.2) is 36.6 Å². The topological polar surface area (TPSA) is 15.3 Å². The van der Waals surface area contributed by atoms with Crippen molar-refractivity contribution >= 4 is 0 Å². The molecule has 1 aliphatic heterocycles. The van der Waals surface area contributed by atoms with Crippen LogP contribution in [0.1, 0.15) is 32.3 Å². The number of rotatable bonds is 4. The molecular formula is C16H26N2. The standard InChI is InChI=1S/C16H26N2/c1-16(2,18-13-6-11-17-12-14-18)10-9-15-7-4-3-5-8-15/h3-5,7-8,17H,6,9-14H2,1-2H3. The maximum Gasteiger partial charge on any atom is 0.0156 e. The Kier molecular flexibility index (Phi) is 4.79. The summed E-state index contributed by atoms with van der Waals surface area (Å²) in [4.78, 5) is 2.65. The van der Waals surface area contributed by atoms with Crippen LogP contribution in [0.4, 0.5) is 0 Å². The van der Waals surface area contributed by atoms with Gasteiger partial charge in [-0.1, -0.05) is 30.3 Å². The zero-order valence-electron chi connectivity index (χ0n) is 11.8. The first-order chi connectivity index (χ1) is 8.68. The second-order valence-corrected chi connectivity index (χ2v) is 5.89. The first kappa shape index (κ1) is 13.6. The zero-order chi connectivity index (χ0) is 12.8. The van der Waals surface area contributed by atoms with Gasteiger partial charge in [0.25, 0.3) is 0 Å². The molecule has 1 aromatic carbocycles. The minimum Gasteiger partial charge on any atom is -0.315 e. The third-order valence-corrected chi connectivity index (χ3v) is 4.06. The average Bonchev–Trinajstić information content (AvgIpc) is 2.67. The first-order valence-electron chi connectivity index (χ1n) is 7.18. The van der Waals surface area contributed by atoms with Crippen LogP contribution in [-0.2, 0) is 6.42 Å². The number of hydrogen-bond acceptors (Lipinski definition) is 2. The Morgan fingerprint density at radius 1 is 1.11 bits per heavy atom. The molecule has 0 spiro atoms. The molecule has 18 heavy (non-hydrogen) atoms. The number of hydrogen-bond donors (Lipinski definition) is 1. The third-order valence-electron chi connectivity index (χ3n) is 4.06. The van der Waals surface area contributed by atoms with Gasteiger partial charge in [0.05, 0.1) is 0 Å². The van der Waals surface area contributed by atoms with E-state index in [-0.39, 0.29) is 0 Å². The molecule has 1 heterocycles. The van der Waals surface area contributed by atoms with Crippen LogP contribution in [0.5, 0.6) is 0 Å². The molecule has 0 saturated carbocycles. The van der Waals surface area contributed by atoms with Crippen molar-refractivity contribution in [2.45, 2.75) is 38.6 Å². The fourth-order valence-corrected chi connectivity index (χ4v) is 2.70. The summed E-state index contributed by atoms with van der Waals surface area (Å²) in [6.45, 7) is 9.50. The summed E-state index contributed by atoms with van der Waals surface area (Å²) in [6.07, 6.45) is 3.68. The fourth-order valence-electron chi connectivity index (χ4n) is 2.70. The lowest BCUT2D eigenvalue weighted by molar-refractivity contribution is 0.120. The van der Waals surface area contributed by atoms with E-state index in [1.807, 2.05) is 0 Å². The molecule has 1 N–H and O–H groups in total. The molecule has 0 bridgehead atoms. The number of nitrogens with zero attached hydrogens (tertiary/aromatic N) is 1. The molecular weight excluding hydrogens is 220 g/mol. The van der Waals surface area contributed by atoms with Gasteiger partial charge in [0.1, 0.15) is 0 Å². The molecule has 1 aromatic rings. The monoisotopic (exact) mass is 246 g/mol. The van der Waals surface area contributed by atoms with Gasteiger partial charge in [-0.25, -0.2) is 0 Å². The van der Waals surface area contributed by atoms with Gasteiger partial charge < -0.3 is 5.32 Å². The van der Waals surface area contributed by atoms with Gasteiger partial charge in [-0.05, 0) is 51.8 Å². The lowest BCUT2D eigenvalue weighted by Crippen LogP contribution is -2.46. The normalized spacial score (nSPS) is 18.6. The van der Waals surface area contributed by atoms with E-state index in [4.69, 9.17) is 0 Å². The summed E-state index contributed by atoms with van der Waals surface area (Å²) in [7, 11) is 0. The SMILES string of the molecule is CC(C)(CCc1ccccc1)N1CCCNCC1. The Morgan fingerprint density at radius 2 is 1.89 bits per heavy atom. The molecule has 0 aliphatic carbocycles. The predicted molar refractivity (Wildman–Crippen MR) is 77.9 cm³/mol. The van der Waals surface area contributed by atoms with Gasteiger partial charge in [0.15, 0.2) is 0 Å². The maximum absolute atomic E-state index is 3.48. The minimum absolute atomic E-state index is 0.307. The Bertz CT molecular complexity index is 337. The summed E-state index contributed by atoms with van der Waals surface area (Å²) in [5.41, 5.74) is 1.76. The van der Waals surface area contributed by atoms with Crippen molar-refractivity contribution < 1.29 is 0 Å². The van der Waals surface area contributed by atoms with Gasteiger partial charge >= 0.3 is 0 Å². The summed E-state index contributed by atoms with van der Waals surface area (Å²) in [5, 5.41) is 3.48. The van der Waals surface area contributed by atoms with Crippen LogP contribution in [0.3, 0.4) is 0 Å². The van der Waals surface area contributed by atoms with Gasteiger partial charge in [0.2, 0.25) is 0 Å². The van der Waals surface area contributed by atoms with E-state index in [1.54, 1.807) is 0 Å². The number of aryl methyl sites for hydroxylation is 1. The smallest absolute Gasteiger partial charge is 0.0156 e. The molecule has 2 rings (SSSR count). The van der Waals surface area contributed by atoms with Crippen molar-refractivity contribution in [2.75, 3.05) is 26.2 Å². The highest BCUT2D eigenvalue weighted by Crippen LogP contribution is 2.22. The minimum atomic E-state index is 0.307. The lowest BCUT2D eigenvalue weighted by atomic mass is 9.93. The van der Waals surface area contributed by atoms with E-state index in [2.05, 4.69) is 54.4 Å². The van der Waals surface area contributed by atoms with E-state index in [9.17, 15) is 0 Å². The molecule has 2 heteroatoms. The molecule has 1 aliphatic rings. The quantitative estimate of drug-likeness (QED) is 0.878. The van der Waals surface area contributed by atoms with E-state index < -0.39 is 0 Å². The van der Waals surface area contributed by atoms with Crippen molar-refractivity contribution in [3.63, 3.8) is 0 Å². The molecule has 1 saturated heterocycles. The van der Waals surface area contributed by atoms with Gasteiger partial charge in [-0.2, -0.15) is 0 Å². The van der Waals surface area contributed by atoms with E-state index >= 15 is 0 Å². The predicted octanol–water partition coefficient (Wildman–Crippen LogP) is 2.69. The highest BCUT2D eigenvalue weighted by atomic mass is 15.2. The fraction of sp³-hybridized carbons (Fsp3) is 0.625. The van der Waals surface area contributed by atoms with Crippen molar-refractivity contribution in [3.05, 3.63) is 35.9 Å². The second kappa shape index (κ2) is 6.35. The third kappa shape index (κ3) is 3.82. The highest BCUT2D eigenvalue weighted by Gasteiger charge is 2.26. The molecule has 2 nitrogen and oxygen atoms in total. The summed E-state index contributed by atoms with van der Waals surface area (Å²) >= 11 is 0. The van der Waals surface area contributed by atoms with Crippen molar-refractivity contribution in [2.24, 2.45) is 0 Å². The van der Waals surface area contributed by atoms with Crippen molar-refractivity contribution in [3.8, 4) is 0 Å². The largest absolute Gasteiger partial charge is 0.315 e. The van der Waals surface area contributed by atoms with Crippen molar-refractivity contribution in [1.82, 2.24) is 10.2 Å². The molecule has 100 valence electrons. The van der Waals surface area contributed by atoms with E-state index in [0.717, 1.165) is 6.54 Å². The molecule has 1 fully saturated rings. The zero-order valence-corrected chi connectivity index (χ0v) is 11.8. The van der Waals surface area contributed by atoms with Gasteiger partial charge in [-0.15, -0.1) is 0 Å². The summed E-state index contributed by atoms with van der Waals surface area (Å²) in [6, 6.07) is 10.8. The van der Waals surface area contributed by atoms with Crippen LogP contribution < -0.4 is 5.32 Å². The number of nitrogens with one attached hydrogen (secondary N) is 1. The molecule has 0 aromatic heterocycles. The average molecular weight is 246 g/mol. The molecule has 0 radical (unpaired) electrons. The summed E-state index contributed by atoms with van der Waals surface area (Å²) < 4.78 is 0. The maximum atomic E-state index is 3.48. The van der Waals surface area contributed by atoms with Crippen molar-refractivity contribution in [1.29, 1.82) is 0 Å². The highest BCUT2D eigenvalue weighted by molar-refractivity contribution is 5.15. The molecule has 0 unspecified atom stereocenters. The Morgan fingerprint density at radius 3 is 2.67 bits per heavy atom. The summed E-state index contributed by atoms with van der Waals surface area (Å²) in [5.74, 6) is 0. The van der Waals surface area contributed by atoms with Crippen LogP contribution in [0.25, 0.3) is 0 Å². The lowest BCUT2D eigenvalue weighted by Gasteiger charge is -2.38. The van der Waals surface area contributed by atoms with Gasteiger partial charge in [-0.3, -0.25) is 4.90 Å². The van der Waals surface area contributed by atoms with Crippen LogP contribution in [0.15, 0.2) is 30.3 Å². The van der Waals surface area contributed by atoms with Crippen LogP contribution in [0, 0.1) is 0 Å². The molecule has 0 amide bonds. The Balaban J connectivity index is 1.89. The van der Waals surface area contributed by atoms with E-state index in [0.29, 0.717) is 5.54 Å². The van der Waals surface area contributed by atoms with Crippen LogP contribution >= 0.6 is 0 Å². The molecule has 0 atom stereocenters. The Hall–Kier alpha value is -0.860. The van der Waals surface area contributed by atoms with E-state index in [1.165, 1.54) is 44.5 Å². The van der Waals surface area contributed by atoms with Crippen LogP contribution in [0.2, 0.25) is 0 Å². The number of benzene rings is 1. The van der Waals surface area contributed by atoms with Gasteiger partial charge in [0, 0.05) is 18.6 Å². The first-order valence-corrected chi connectivity index (χ1v) is 7.18.